The Labute approximate surface area is 144 Å². The van der Waals surface area contributed by atoms with Crippen molar-refractivity contribution in [1.82, 2.24) is 20.0 Å². The Morgan fingerprint density at radius 2 is 2.04 bits per heavy atom. The van der Waals surface area contributed by atoms with E-state index in [-0.39, 0.29) is 11.9 Å². The van der Waals surface area contributed by atoms with Crippen molar-refractivity contribution < 1.29 is 9.59 Å². The number of nitrogens with one attached hydrogen (secondary N) is 3. The van der Waals surface area contributed by atoms with Crippen LogP contribution in [0, 0.1) is 0 Å². The molecule has 0 spiro atoms. The Bertz CT molecular complexity index is 916. The molecule has 0 saturated carbocycles. The highest BCUT2D eigenvalue weighted by Crippen LogP contribution is 2.29. The first-order valence-electron chi connectivity index (χ1n) is 8.07. The summed E-state index contributed by atoms with van der Waals surface area (Å²) >= 11 is 0. The average Bonchev–Trinajstić information content (AvgIpc) is 3.16. The lowest BCUT2D eigenvalue weighted by Gasteiger charge is -2.12. The molecule has 25 heavy (non-hydrogen) atoms. The predicted octanol–water partition coefficient (Wildman–Crippen LogP) is 1.87. The van der Waals surface area contributed by atoms with Crippen LogP contribution in [0.4, 0.5) is 10.5 Å². The van der Waals surface area contributed by atoms with Crippen LogP contribution in [0.3, 0.4) is 0 Å². The summed E-state index contributed by atoms with van der Waals surface area (Å²) in [5.41, 5.74) is 3.29. The highest BCUT2D eigenvalue weighted by atomic mass is 16.2. The SMILES string of the molecule is O=C(NCCc1cn2ccccc2n1)N[C@H]1C(=O)Nc2ccccc21. The van der Waals surface area contributed by atoms with E-state index >= 15 is 0 Å². The molecule has 1 atom stereocenters. The summed E-state index contributed by atoms with van der Waals surface area (Å²) in [5, 5.41) is 8.24. The lowest BCUT2D eigenvalue weighted by Crippen LogP contribution is -2.41. The largest absolute Gasteiger partial charge is 0.338 e. The van der Waals surface area contributed by atoms with Gasteiger partial charge in [0.1, 0.15) is 11.7 Å². The fourth-order valence-corrected chi connectivity index (χ4v) is 2.95. The number of fused-ring (bicyclic) bond motifs is 2. The summed E-state index contributed by atoms with van der Waals surface area (Å²) in [6.45, 7) is 0.436. The van der Waals surface area contributed by atoms with Crippen LogP contribution in [0.2, 0.25) is 0 Å². The maximum Gasteiger partial charge on any atom is 0.315 e. The third-order valence-corrected chi connectivity index (χ3v) is 4.15. The lowest BCUT2D eigenvalue weighted by molar-refractivity contribution is -0.117. The molecule has 3 N–H and O–H groups in total. The zero-order valence-corrected chi connectivity index (χ0v) is 13.4. The number of hydrogen-bond donors (Lipinski definition) is 3. The molecular formula is C18H17N5O2. The standard InChI is InChI=1S/C18H17N5O2/c24-17-16(13-5-1-2-6-14(13)21-17)22-18(25)19-9-8-12-11-23-10-4-3-7-15(23)20-12/h1-7,10-11,16H,8-9H2,(H,21,24)(H2,19,22,25)/t16-/m1/s1. The summed E-state index contributed by atoms with van der Waals surface area (Å²) in [7, 11) is 0. The first kappa shape index (κ1) is 15.2. The van der Waals surface area contributed by atoms with Gasteiger partial charge >= 0.3 is 6.03 Å². The van der Waals surface area contributed by atoms with Crippen LogP contribution in [0.1, 0.15) is 17.3 Å². The van der Waals surface area contributed by atoms with Gasteiger partial charge in [0.2, 0.25) is 0 Å². The number of anilines is 1. The summed E-state index contributed by atoms with van der Waals surface area (Å²) in [6.07, 6.45) is 4.49. The van der Waals surface area contributed by atoms with E-state index in [1.165, 1.54) is 0 Å². The van der Waals surface area contributed by atoms with Crippen molar-refractivity contribution in [3.8, 4) is 0 Å². The van der Waals surface area contributed by atoms with E-state index in [4.69, 9.17) is 0 Å². The minimum atomic E-state index is -0.661. The molecule has 1 aromatic carbocycles. The molecule has 0 bridgehead atoms. The maximum atomic E-state index is 12.1. The highest BCUT2D eigenvalue weighted by molar-refractivity contribution is 6.04. The summed E-state index contributed by atoms with van der Waals surface area (Å²) in [5.74, 6) is -0.225. The number of aromatic nitrogens is 2. The van der Waals surface area contributed by atoms with E-state index in [1.807, 2.05) is 59.3 Å². The molecule has 1 aliphatic rings. The molecule has 0 saturated heterocycles. The van der Waals surface area contributed by atoms with Gasteiger partial charge in [0.25, 0.3) is 5.91 Å². The van der Waals surface area contributed by atoms with Gasteiger partial charge in [0.15, 0.2) is 0 Å². The van der Waals surface area contributed by atoms with E-state index in [0.717, 1.165) is 22.6 Å². The van der Waals surface area contributed by atoms with E-state index in [1.54, 1.807) is 0 Å². The van der Waals surface area contributed by atoms with Crippen LogP contribution in [0.15, 0.2) is 54.9 Å². The molecule has 0 unspecified atom stereocenters. The number of pyridine rings is 1. The van der Waals surface area contributed by atoms with Crippen LogP contribution >= 0.6 is 0 Å². The number of benzene rings is 1. The van der Waals surface area contributed by atoms with Crippen molar-refractivity contribution in [1.29, 1.82) is 0 Å². The number of hydrogen-bond acceptors (Lipinski definition) is 3. The quantitative estimate of drug-likeness (QED) is 0.680. The molecule has 0 fully saturated rings. The number of nitrogens with zero attached hydrogens (tertiary/aromatic N) is 2. The molecule has 126 valence electrons. The van der Waals surface area contributed by atoms with Crippen molar-refractivity contribution in [3.05, 3.63) is 66.1 Å². The first-order chi connectivity index (χ1) is 12.2. The second-order valence-corrected chi connectivity index (χ2v) is 5.86. The van der Waals surface area contributed by atoms with Crippen LogP contribution < -0.4 is 16.0 Å². The summed E-state index contributed by atoms with van der Waals surface area (Å²) < 4.78 is 1.94. The van der Waals surface area contributed by atoms with E-state index in [9.17, 15) is 9.59 Å². The molecule has 4 rings (SSSR count). The topological polar surface area (TPSA) is 87.5 Å². The van der Waals surface area contributed by atoms with Gasteiger partial charge in [-0.15, -0.1) is 0 Å². The van der Waals surface area contributed by atoms with Crippen LogP contribution in [-0.4, -0.2) is 27.9 Å². The average molecular weight is 335 g/mol. The van der Waals surface area contributed by atoms with Crippen molar-refractivity contribution in [2.24, 2.45) is 0 Å². The molecule has 7 heteroatoms. The Hall–Kier alpha value is -3.35. The molecule has 0 radical (unpaired) electrons. The summed E-state index contributed by atoms with van der Waals surface area (Å²) in [6, 6.07) is 12.1. The molecular weight excluding hydrogens is 318 g/mol. The Balaban J connectivity index is 1.33. The van der Waals surface area contributed by atoms with Gasteiger partial charge in [-0.05, 0) is 18.2 Å². The number of rotatable bonds is 4. The number of carbonyl (C=O) groups excluding carboxylic acids is 2. The Morgan fingerprint density at radius 3 is 2.92 bits per heavy atom. The second-order valence-electron chi connectivity index (χ2n) is 5.86. The van der Waals surface area contributed by atoms with E-state index in [0.29, 0.717) is 13.0 Å². The minimum absolute atomic E-state index is 0.225. The third-order valence-electron chi connectivity index (χ3n) is 4.15. The highest BCUT2D eigenvalue weighted by Gasteiger charge is 2.31. The molecule has 0 aliphatic carbocycles. The van der Waals surface area contributed by atoms with Crippen molar-refractivity contribution in [3.63, 3.8) is 0 Å². The molecule has 3 heterocycles. The number of imidazole rings is 1. The zero-order chi connectivity index (χ0) is 17.2. The molecule has 3 amide bonds. The Morgan fingerprint density at radius 1 is 1.20 bits per heavy atom. The summed E-state index contributed by atoms with van der Waals surface area (Å²) in [4.78, 5) is 28.6. The van der Waals surface area contributed by atoms with Gasteiger partial charge in [0.05, 0.1) is 5.69 Å². The van der Waals surface area contributed by atoms with Gasteiger partial charge in [-0.3, -0.25) is 4.79 Å². The number of urea groups is 1. The Kier molecular flexibility index (Phi) is 3.81. The van der Waals surface area contributed by atoms with Crippen molar-refractivity contribution in [2.75, 3.05) is 11.9 Å². The molecule has 1 aliphatic heterocycles. The van der Waals surface area contributed by atoms with Crippen LogP contribution in [0.5, 0.6) is 0 Å². The smallest absolute Gasteiger partial charge is 0.315 e. The minimum Gasteiger partial charge on any atom is -0.338 e. The second kappa shape index (κ2) is 6.27. The van der Waals surface area contributed by atoms with Gasteiger partial charge < -0.3 is 20.4 Å². The predicted molar refractivity (Wildman–Crippen MR) is 93.2 cm³/mol. The van der Waals surface area contributed by atoms with E-state index < -0.39 is 6.04 Å². The molecule has 3 aromatic rings. The van der Waals surface area contributed by atoms with Gasteiger partial charge in [-0.1, -0.05) is 24.3 Å². The maximum absolute atomic E-state index is 12.1. The zero-order valence-electron chi connectivity index (χ0n) is 13.4. The molecule has 7 nitrogen and oxygen atoms in total. The lowest BCUT2D eigenvalue weighted by atomic mass is 10.1. The first-order valence-corrected chi connectivity index (χ1v) is 8.07. The van der Waals surface area contributed by atoms with Crippen molar-refractivity contribution in [2.45, 2.75) is 12.5 Å². The number of carbonyl (C=O) groups is 2. The fourth-order valence-electron chi connectivity index (χ4n) is 2.95. The number of amides is 3. The van der Waals surface area contributed by atoms with Crippen LogP contribution in [0.25, 0.3) is 5.65 Å². The van der Waals surface area contributed by atoms with Gasteiger partial charge in [-0.2, -0.15) is 0 Å². The van der Waals surface area contributed by atoms with Crippen LogP contribution in [-0.2, 0) is 11.2 Å². The third kappa shape index (κ3) is 3.03. The van der Waals surface area contributed by atoms with Gasteiger partial charge in [-0.25, -0.2) is 9.78 Å². The molecule has 2 aromatic heterocycles. The normalized spacial score (nSPS) is 15.7. The fraction of sp³-hybridized carbons (Fsp3) is 0.167. The monoisotopic (exact) mass is 335 g/mol. The number of para-hydroxylation sites is 1. The van der Waals surface area contributed by atoms with Gasteiger partial charge in [0, 0.05) is 36.6 Å². The van der Waals surface area contributed by atoms with Crippen molar-refractivity contribution >= 4 is 23.3 Å². The van der Waals surface area contributed by atoms with E-state index in [2.05, 4.69) is 20.9 Å².